The highest BCUT2D eigenvalue weighted by molar-refractivity contribution is 5.84. The van der Waals surface area contributed by atoms with Crippen LogP contribution in [0.3, 0.4) is 0 Å². The van der Waals surface area contributed by atoms with Gasteiger partial charge in [-0.2, -0.15) is 0 Å². The van der Waals surface area contributed by atoms with E-state index in [2.05, 4.69) is 4.98 Å². The lowest BCUT2D eigenvalue weighted by Gasteiger charge is -2.11. The predicted molar refractivity (Wildman–Crippen MR) is 80.4 cm³/mol. The van der Waals surface area contributed by atoms with Gasteiger partial charge in [-0.25, -0.2) is 4.39 Å². The molecule has 0 aliphatic carbocycles. The first-order chi connectivity index (χ1) is 10.3. The Morgan fingerprint density at radius 3 is 2.67 bits per heavy atom. The van der Waals surface area contributed by atoms with E-state index in [1.165, 1.54) is 0 Å². The highest BCUT2D eigenvalue weighted by Gasteiger charge is 2.08. The van der Waals surface area contributed by atoms with Crippen LogP contribution in [0.1, 0.15) is 11.1 Å². The summed E-state index contributed by atoms with van der Waals surface area (Å²) >= 11 is 0. The summed E-state index contributed by atoms with van der Waals surface area (Å²) in [4.78, 5) is 4.27. The molecule has 2 N–H and O–H groups in total. The van der Waals surface area contributed by atoms with Crippen LogP contribution < -0.4 is 10.5 Å². The Morgan fingerprint density at radius 1 is 1.00 bits per heavy atom. The molecular formula is C17H15FN2O. The number of aromatic nitrogens is 1. The molecule has 0 spiro atoms. The average molecular weight is 282 g/mol. The van der Waals surface area contributed by atoms with Gasteiger partial charge in [0, 0.05) is 29.3 Å². The molecule has 3 rings (SSSR count). The molecule has 0 aliphatic rings. The molecule has 0 saturated carbocycles. The fraction of sp³-hybridized carbons (Fsp3) is 0.118. The van der Waals surface area contributed by atoms with Crippen molar-refractivity contribution in [1.82, 2.24) is 4.98 Å². The van der Waals surface area contributed by atoms with Crippen LogP contribution in [0.5, 0.6) is 5.75 Å². The molecule has 2 aromatic carbocycles. The van der Waals surface area contributed by atoms with Gasteiger partial charge < -0.3 is 10.5 Å². The van der Waals surface area contributed by atoms with Crippen LogP contribution in [0.2, 0.25) is 0 Å². The molecule has 0 atom stereocenters. The van der Waals surface area contributed by atoms with E-state index in [-0.39, 0.29) is 19.0 Å². The Bertz CT molecular complexity index is 768. The van der Waals surface area contributed by atoms with Crippen LogP contribution in [0, 0.1) is 5.82 Å². The first-order valence-electron chi connectivity index (χ1n) is 6.72. The van der Waals surface area contributed by atoms with Crippen LogP contribution in [-0.4, -0.2) is 4.98 Å². The highest BCUT2D eigenvalue weighted by atomic mass is 19.1. The van der Waals surface area contributed by atoms with E-state index in [0.717, 1.165) is 10.9 Å². The van der Waals surface area contributed by atoms with Gasteiger partial charge in [0.05, 0.1) is 5.52 Å². The minimum atomic E-state index is -0.293. The summed E-state index contributed by atoms with van der Waals surface area (Å²) in [5, 5.41) is 0.912. The maximum atomic E-state index is 14.1. The summed E-state index contributed by atoms with van der Waals surface area (Å²) in [5.74, 6) is 0.400. The van der Waals surface area contributed by atoms with Crippen molar-refractivity contribution in [3.8, 4) is 5.75 Å². The zero-order valence-corrected chi connectivity index (χ0v) is 11.4. The molecule has 106 valence electrons. The van der Waals surface area contributed by atoms with Crippen molar-refractivity contribution in [3.63, 3.8) is 0 Å². The molecule has 1 heterocycles. The lowest BCUT2D eigenvalue weighted by Crippen LogP contribution is -2.05. The minimum absolute atomic E-state index is 0.160. The van der Waals surface area contributed by atoms with E-state index < -0.39 is 0 Å². The van der Waals surface area contributed by atoms with Gasteiger partial charge in [-0.1, -0.05) is 24.3 Å². The molecule has 0 saturated heterocycles. The first-order valence-corrected chi connectivity index (χ1v) is 6.72. The van der Waals surface area contributed by atoms with E-state index in [1.54, 1.807) is 24.4 Å². The Hall–Kier alpha value is -2.46. The zero-order valence-electron chi connectivity index (χ0n) is 11.4. The number of pyridine rings is 1. The SMILES string of the molecule is NCc1cccc(COc2cccc3ncccc23)c1F. The van der Waals surface area contributed by atoms with Crippen molar-refractivity contribution < 1.29 is 9.13 Å². The maximum absolute atomic E-state index is 14.1. The van der Waals surface area contributed by atoms with Crippen LogP contribution >= 0.6 is 0 Å². The van der Waals surface area contributed by atoms with Crippen LogP contribution in [0.25, 0.3) is 10.9 Å². The standard InChI is InChI=1S/C17H15FN2O/c18-17-12(10-19)4-1-5-13(17)11-21-16-8-2-7-15-14(16)6-3-9-20-15/h1-9H,10-11,19H2. The fourth-order valence-electron chi connectivity index (χ4n) is 2.26. The predicted octanol–water partition coefficient (Wildman–Crippen LogP) is 3.41. The van der Waals surface area contributed by atoms with Gasteiger partial charge in [0.25, 0.3) is 0 Å². The first kappa shape index (κ1) is 13.5. The molecule has 3 aromatic rings. The number of nitrogens with zero attached hydrogens (tertiary/aromatic N) is 1. The molecule has 0 aliphatic heterocycles. The van der Waals surface area contributed by atoms with E-state index in [4.69, 9.17) is 10.5 Å². The third-order valence-corrected chi connectivity index (χ3v) is 3.37. The number of ether oxygens (including phenoxy) is 1. The number of fused-ring (bicyclic) bond motifs is 1. The summed E-state index contributed by atoms with van der Waals surface area (Å²) in [6, 6.07) is 14.6. The number of nitrogens with two attached hydrogens (primary N) is 1. The lowest BCUT2D eigenvalue weighted by molar-refractivity contribution is 0.303. The molecule has 4 heteroatoms. The normalized spacial score (nSPS) is 10.8. The second-order valence-electron chi connectivity index (χ2n) is 4.71. The summed E-state index contributed by atoms with van der Waals surface area (Å²) in [7, 11) is 0. The second-order valence-corrected chi connectivity index (χ2v) is 4.71. The minimum Gasteiger partial charge on any atom is -0.488 e. The fourth-order valence-corrected chi connectivity index (χ4v) is 2.26. The van der Waals surface area contributed by atoms with Gasteiger partial charge >= 0.3 is 0 Å². The summed E-state index contributed by atoms with van der Waals surface area (Å²) in [6.45, 7) is 0.339. The molecule has 0 bridgehead atoms. The van der Waals surface area contributed by atoms with Gasteiger partial charge in [0.1, 0.15) is 18.2 Å². The molecular weight excluding hydrogens is 267 g/mol. The van der Waals surface area contributed by atoms with Gasteiger partial charge in [-0.05, 0) is 24.3 Å². The van der Waals surface area contributed by atoms with Crippen molar-refractivity contribution >= 4 is 10.9 Å². The van der Waals surface area contributed by atoms with E-state index >= 15 is 0 Å². The third-order valence-electron chi connectivity index (χ3n) is 3.37. The Kier molecular flexibility index (Phi) is 3.79. The molecule has 0 radical (unpaired) electrons. The Labute approximate surface area is 122 Å². The quantitative estimate of drug-likeness (QED) is 0.797. The Morgan fingerprint density at radius 2 is 1.81 bits per heavy atom. The summed E-state index contributed by atoms with van der Waals surface area (Å²) in [5.41, 5.74) is 7.36. The van der Waals surface area contributed by atoms with E-state index in [1.807, 2.05) is 30.3 Å². The number of halogens is 1. The zero-order chi connectivity index (χ0) is 14.7. The number of hydrogen-bond acceptors (Lipinski definition) is 3. The lowest BCUT2D eigenvalue weighted by atomic mass is 10.1. The summed E-state index contributed by atoms with van der Waals surface area (Å²) < 4.78 is 19.9. The topological polar surface area (TPSA) is 48.1 Å². The molecule has 0 fully saturated rings. The van der Waals surface area contributed by atoms with Gasteiger partial charge in [0.2, 0.25) is 0 Å². The van der Waals surface area contributed by atoms with E-state index in [0.29, 0.717) is 16.9 Å². The number of benzene rings is 2. The van der Waals surface area contributed by atoms with Gasteiger partial charge in [-0.3, -0.25) is 4.98 Å². The van der Waals surface area contributed by atoms with Gasteiger partial charge in [-0.15, -0.1) is 0 Å². The summed E-state index contributed by atoms with van der Waals surface area (Å²) in [6.07, 6.45) is 1.73. The van der Waals surface area contributed by atoms with Crippen molar-refractivity contribution in [1.29, 1.82) is 0 Å². The largest absolute Gasteiger partial charge is 0.488 e. The molecule has 0 amide bonds. The van der Waals surface area contributed by atoms with Crippen LogP contribution in [0.15, 0.2) is 54.7 Å². The molecule has 0 unspecified atom stereocenters. The van der Waals surface area contributed by atoms with Crippen LogP contribution in [-0.2, 0) is 13.2 Å². The monoisotopic (exact) mass is 282 g/mol. The van der Waals surface area contributed by atoms with Crippen molar-refractivity contribution in [2.24, 2.45) is 5.73 Å². The highest BCUT2D eigenvalue weighted by Crippen LogP contribution is 2.25. The van der Waals surface area contributed by atoms with Crippen molar-refractivity contribution in [2.45, 2.75) is 13.2 Å². The molecule has 1 aromatic heterocycles. The molecule has 21 heavy (non-hydrogen) atoms. The maximum Gasteiger partial charge on any atom is 0.134 e. The van der Waals surface area contributed by atoms with Gasteiger partial charge in [0.15, 0.2) is 0 Å². The second kappa shape index (κ2) is 5.89. The van der Waals surface area contributed by atoms with E-state index in [9.17, 15) is 4.39 Å². The average Bonchev–Trinajstić information content (AvgIpc) is 2.54. The Balaban J connectivity index is 1.87. The van der Waals surface area contributed by atoms with Crippen molar-refractivity contribution in [2.75, 3.05) is 0 Å². The number of hydrogen-bond donors (Lipinski definition) is 1. The number of rotatable bonds is 4. The smallest absolute Gasteiger partial charge is 0.134 e. The molecule has 3 nitrogen and oxygen atoms in total. The van der Waals surface area contributed by atoms with Crippen LogP contribution in [0.4, 0.5) is 4.39 Å². The van der Waals surface area contributed by atoms with Crippen molar-refractivity contribution in [3.05, 3.63) is 71.7 Å². The third kappa shape index (κ3) is 2.71.